The first kappa shape index (κ1) is 17.0. The van der Waals surface area contributed by atoms with Gasteiger partial charge in [-0.25, -0.2) is 0 Å². The molecule has 4 heteroatoms. The van der Waals surface area contributed by atoms with E-state index >= 15 is 0 Å². The lowest BCUT2D eigenvalue weighted by Gasteiger charge is -2.32. The molecule has 1 saturated carbocycles. The van der Waals surface area contributed by atoms with Gasteiger partial charge in [0.2, 0.25) is 11.8 Å². The number of carbonyl (C=O) groups excluding carboxylic acids is 2. The second-order valence-electron chi connectivity index (χ2n) is 7.77. The van der Waals surface area contributed by atoms with Gasteiger partial charge in [0.1, 0.15) is 0 Å². The van der Waals surface area contributed by atoms with Gasteiger partial charge in [0.25, 0.3) is 0 Å². The van der Waals surface area contributed by atoms with Crippen molar-refractivity contribution >= 4 is 11.8 Å². The molecule has 1 aliphatic carbocycles. The van der Waals surface area contributed by atoms with Crippen molar-refractivity contribution in [3.05, 3.63) is 11.6 Å². The molecule has 1 saturated heterocycles. The molecule has 2 fully saturated rings. The van der Waals surface area contributed by atoms with Crippen LogP contribution in [0.2, 0.25) is 0 Å². The molecule has 1 N–H and O–H groups in total. The fourth-order valence-corrected chi connectivity index (χ4v) is 3.66. The molecule has 2 amide bonds. The second-order valence-corrected chi connectivity index (χ2v) is 7.77. The van der Waals surface area contributed by atoms with Crippen molar-refractivity contribution < 1.29 is 9.59 Å². The van der Waals surface area contributed by atoms with Crippen LogP contribution in [0.25, 0.3) is 0 Å². The van der Waals surface area contributed by atoms with Gasteiger partial charge in [-0.2, -0.15) is 0 Å². The average Bonchev–Trinajstić information content (AvgIpc) is 2.96. The van der Waals surface area contributed by atoms with Gasteiger partial charge in [-0.3, -0.25) is 9.59 Å². The number of piperidine rings is 1. The Morgan fingerprint density at radius 3 is 2.27 bits per heavy atom. The molecule has 22 heavy (non-hydrogen) atoms. The first-order chi connectivity index (χ1) is 10.2. The van der Waals surface area contributed by atoms with Gasteiger partial charge in [-0.1, -0.05) is 25.5 Å². The van der Waals surface area contributed by atoms with Crippen LogP contribution in [0.5, 0.6) is 0 Å². The molecule has 0 bridgehead atoms. The summed E-state index contributed by atoms with van der Waals surface area (Å²) in [5, 5.41) is 2.89. The van der Waals surface area contributed by atoms with Gasteiger partial charge in [-0.05, 0) is 43.9 Å². The van der Waals surface area contributed by atoms with E-state index in [0.29, 0.717) is 17.7 Å². The zero-order valence-corrected chi connectivity index (χ0v) is 14.6. The lowest BCUT2D eigenvalue weighted by molar-refractivity contribution is -0.135. The Labute approximate surface area is 134 Å². The highest BCUT2D eigenvalue weighted by Crippen LogP contribution is 2.60. The van der Waals surface area contributed by atoms with E-state index in [1.54, 1.807) is 6.92 Å². The number of hydrogen-bond donors (Lipinski definition) is 1. The van der Waals surface area contributed by atoms with Crippen LogP contribution < -0.4 is 5.32 Å². The third kappa shape index (κ3) is 3.71. The van der Waals surface area contributed by atoms with Gasteiger partial charge in [0, 0.05) is 26.6 Å². The molecule has 2 atom stereocenters. The van der Waals surface area contributed by atoms with Crippen LogP contribution in [0.1, 0.15) is 47.5 Å². The summed E-state index contributed by atoms with van der Waals surface area (Å²) in [7, 11) is 0. The molecule has 1 aliphatic heterocycles. The normalized spacial score (nSPS) is 27.2. The molecule has 0 unspecified atom stereocenters. The third-order valence-corrected chi connectivity index (χ3v) is 5.26. The first-order valence-electron chi connectivity index (χ1n) is 8.41. The Morgan fingerprint density at radius 1 is 1.18 bits per heavy atom. The van der Waals surface area contributed by atoms with E-state index in [2.05, 4.69) is 39.1 Å². The number of nitrogens with zero attached hydrogens (tertiary/aromatic N) is 1. The van der Waals surface area contributed by atoms with E-state index in [1.807, 2.05) is 4.90 Å². The lowest BCUT2D eigenvalue weighted by atomic mass is 9.96. The van der Waals surface area contributed by atoms with E-state index in [0.717, 1.165) is 32.5 Å². The molecule has 2 rings (SSSR count). The van der Waals surface area contributed by atoms with E-state index in [9.17, 15) is 9.59 Å². The maximum absolute atomic E-state index is 12.8. The highest BCUT2D eigenvalue weighted by atomic mass is 16.2. The minimum absolute atomic E-state index is 0.0304. The molecule has 0 aromatic heterocycles. The molecule has 0 aromatic rings. The second kappa shape index (κ2) is 6.43. The summed E-state index contributed by atoms with van der Waals surface area (Å²) >= 11 is 0. The van der Waals surface area contributed by atoms with E-state index < -0.39 is 0 Å². The van der Waals surface area contributed by atoms with Crippen LogP contribution in [0, 0.1) is 23.2 Å². The summed E-state index contributed by atoms with van der Waals surface area (Å²) < 4.78 is 0. The molecule has 0 aromatic carbocycles. The zero-order chi connectivity index (χ0) is 16.5. The molecule has 2 aliphatic rings. The molecule has 4 nitrogen and oxygen atoms in total. The van der Waals surface area contributed by atoms with Crippen molar-refractivity contribution in [3.8, 4) is 0 Å². The molecule has 0 spiro atoms. The van der Waals surface area contributed by atoms with Gasteiger partial charge < -0.3 is 10.2 Å². The Morgan fingerprint density at radius 2 is 1.77 bits per heavy atom. The number of nitrogens with one attached hydrogen (secondary N) is 1. The topological polar surface area (TPSA) is 49.4 Å². The van der Waals surface area contributed by atoms with E-state index in [-0.39, 0.29) is 17.2 Å². The van der Waals surface area contributed by atoms with Crippen LogP contribution in [0.4, 0.5) is 0 Å². The Bertz CT molecular complexity index is 469. The van der Waals surface area contributed by atoms with Gasteiger partial charge >= 0.3 is 0 Å². The highest BCUT2D eigenvalue weighted by Gasteiger charge is 2.61. The highest BCUT2D eigenvalue weighted by molar-refractivity contribution is 5.84. The smallest absolute Gasteiger partial charge is 0.226 e. The summed E-state index contributed by atoms with van der Waals surface area (Å²) in [4.78, 5) is 25.8. The summed E-state index contributed by atoms with van der Waals surface area (Å²) in [5.74, 6) is 1.40. The number of amides is 2. The Balaban J connectivity index is 1.86. The maximum atomic E-state index is 12.8. The van der Waals surface area contributed by atoms with Crippen molar-refractivity contribution in [1.82, 2.24) is 10.2 Å². The number of likely N-dealkylation sites (tertiary alicyclic amines) is 1. The van der Waals surface area contributed by atoms with Crippen LogP contribution in [-0.4, -0.2) is 36.3 Å². The minimum Gasteiger partial charge on any atom is -0.356 e. The van der Waals surface area contributed by atoms with Gasteiger partial charge in [0.05, 0.1) is 5.92 Å². The van der Waals surface area contributed by atoms with Crippen LogP contribution in [0.3, 0.4) is 0 Å². The fourth-order valence-electron chi connectivity index (χ4n) is 3.66. The summed E-state index contributed by atoms with van der Waals surface area (Å²) in [6.45, 7) is 12.6. The van der Waals surface area contributed by atoms with Gasteiger partial charge in [0.15, 0.2) is 0 Å². The molecular weight excluding hydrogens is 276 g/mol. The Kier molecular flexibility index (Phi) is 4.98. The largest absolute Gasteiger partial charge is 0.356 e. The van der Waals surface area contributed by atoms with Crippen molar-refractivity contribution in [2.75, 3.05) is 19.6 Å². The number of allylic oxidation sites excluding steroid dienone is 2. The predicted molar refractivity (Wildman–Crippen MR) is 88.2 cm³/mol. The van der Waals surface area contributed by atoms with Gasteiger partial charge in [-0.15, -0.1) is 0 Å². The lowest BCUT2D eigenvalue weighted by Crippen LogP contribution is -2.42. The molecule has 0 radical (unpaired) electrons. The third-order valence-electron chi connectivity index (χ3n) is 5.26. The zero-order valence-electron chi connectivity index (χ0n) is 14.6. The molecular formula is C18H30N2O2. The Hall–Kier alpha value is -1.32. The SMILES string of the molecule is CC(=O)NCC1CCN(C(=O)[C@@H]2[C@H](C=C(C)C)C2(C)C)CC1. The monoisotopic (exact) mass is 306 g/mol. The molecule has 1 heterocycles. The fraction of sp³-hybridized carbons (Fsp3) is 0.778. The number of rotatable bonds is 4. The van der Waals surface area contributed by atoms with Crippen molar-refractivity contribution in [1.29, 1.82) is 0 Å². The summed E-state index contributed by atoms with van der Waals surface area (Å²) in [5.41, 5.74) is 1.39. The van der Waals surface area contributed by atoms with Crippen LogP contribution in [0.15, 0.2) is 11.6 Å². The van der Waals surface area contributed by atoms with Crippen molar-refractivity contribution in [2.45, 2.75) is 47.5 Å². The number of carbonyl (C=O) groups is 2. The molecule has 124 valence electrons. The predicted octanol–water partition coefficient (Wildman–Crippen LogP) is 2.60. The standard InChI is InChI=1S/C18H30N2O2/c1-12(2)10-15-16(18(15,4)5)17(22)20-8-6-14(7-9-20)11-19-13(3)21/h10,14-16H,6-9,11H2,1-5H3,(H,19,21)/t15-,16-/m0/s1. The summed E-state index contributed by atoms with van der Waals surface area (Å²) in [6.07, 6.45) is 4.24. The first-order valence-corrected chi connectivity index (χ1v) is 8.41. The maximum Gasteiger partial charge on any atom is 0.226 e. The van der Waals surface area contributed by atoms with E-state index in [4.69, 9.17) is 0 Å². The number of hydrogen-bond acceptors (Lipinski definition) is 2. The van der Waals surface area contributed by atoms with E-state index in [1.165, 1.54) is 5.57 Å². The van der Waals surface area contributed by atoms with Crippen molar-refractivity contribution in [3.63, 3.8) is 0 Å². The average molecular weight is 306 g/mol. The summed E-state index contributed by atoms with van der Waals surface area (Å²) in [6, 6.07) is 0. The quantitative estimate of drug-likeness (QED) is 0.812. The minimum atomic E-state index is 0.0304. The van der Waals surface area contributed by atoms with Crippen LogP contribution in [-0.2, 0) is 9.59 Å². The van der Waals surface area contributed by atoms with Crippen LogP contribution >= 0.6 is 0 Å². The van der Waals surface area contributed by atoms with Crippen molar-refractivity contribution in [2.24, 2.45) is 23.2 Å².